The lowest BCUT2D eigenvalue weighted by Crippen LogP contribution is -2.28. The minimum atomic E-state index is -2.16. The molecule has 0 aliphatic rings. The standard InChI is InChI=1S/C36H32I2Si2/c1-39(2,27-25-29-17-9-5-10-18-29)35(37)33(31-21-13-7-14-22-31)34(32-23-15-8-16-24-32)36(38)40(3,4)28-26-30-19-11-6-12-20-30/h5-24H,1-4H3/b35-33+,36-34+. The minimum absolute atomic E-state index is 1.06. The summed E-state index contributed by atoms with van der Waals surface area (Å²) in [7, 11) is -4.32. The molecular formula is C36H32I2Si2. The van der Waals surface area contributed by atoms with Gasteiger partial charge in [0.15, 0.2) is 16.1 Å². The predicted octanol–water partition coefficient (Wildman–Crippen LogP) is 10.4. The van der Waals surface area contributed by atoms with Gasteiger partial charge in [0.05, 0.1) is 0 Å². The Balaban J connectivity index is 1.99. The molecule has 0 saturated carbocycles. The molecule has 40 heavy (non-hydrogen) atoms. The molecule has 0 amide bonds. The van der Waals surface area contributed by atoms with E-state index >= 15 is 0 Å². The quantitative estimate of drug-likeness (QED) is 0.0820. The van der Waals surface area contributed by atoms with Gasteiger partial charge in [-0.3, -0.25) is 0 Å². The second-order valence-electron chi connectivity index (χ2n) is 10.6. The Hall–Kier alpha value is -2.63. The van der Waals surface area contributed by atoms with E-state index < -0.39 is 16.1 Å². The van der Waals surface area contributed by atoms with Crippen LogP contribution < -0.4 is 0 Å². The highest BCUT2D eigenvalue weighted by Crippen LogP contribution is 2.44. The van der Waals surface area contributed by atoms with Crippen LogP contribution in [0.25, 0.3) is 11.1 Å². The Labute approximate surface area is 269 Å². The lowest BCUT2D eigenvalue weighted by Gasteiger charge is -2.27. The minimum Gasteiger partial charge on any atom is -0.120 e. The molecule has 0 aliphatic carbocycles. The van der Waals surface area contributed by atoms with Gasteiger partial charge in [0.1, 0.15) is 0 Å². The summed E-state index contributed by atoms with van der Waals surface area (Å²) in [5.74, 6) is 6.98. The first kappa shape index (κ1) is 30.3. The van der Waals surface area contributed by atoms with Crippen LogP contribution in [0, 0.1) is 22.9 Å². The molecule has 4 aromatic rings. The van der Waals surface area contributed by atoms with Crippen molar-refractivity contribution in [3.05, 3.63) is 150 Å². The third-order valence-electron chi connectivity index (χ3n) is 6.50. The molecule has 4 heteroatoms. The normalized spacial score (nSPS) is 12.7. The average molecular weight is 775 g/mol. The molecule has 0 aliphatic heterocycles. The van der Waals surface area contributed by atoms with Gasteiger partial charge in [-0.05, 0) is 52.9 Å². The molecule has 0 fully saturated rings. The van der Waals surface area contributed by atoms with Crippen molar-refractivity contribution in [1.29, 1.82) is 0 Å². The van der Waals surface area contributed by atoms with Crippen molar-refractivity contribution in [3.63, 3.8) is 0 Å². The summed E-state index contributed by atoms with van der Waals surface area (Å²) >= 11 is 5.22. The van der Waals surface area contributed by atoms with Crippen LogP contribution in [0.5, 0.6) is 0 Å². The van der Waals surface area contributed by atoms with Crippen LogP contribution >= 0.6 is 45.2 Å². The maximum Gasteiger partial charge on any atom is 0.170 e. The predicted molar refractivity (Wildman–Crippen MR) is 196 cm³/mol. The van der Waals surface area contributed by atoms with Gasteiger partial charge in [-0.2, -0.15) is 0 Å². The van der Waals surface area contributed by atoms with E-state index in [1.54, 1.807) is 0 Å². The van der Waals surface area contributed by atoms with Gasteiger partial charge in [0, 0.05) is 11.1 Å². The molecule has 198 valence electrons. The monoisotopic (exact) mass is 774 g/mol. The van der Waals surface area contributed by atoms with Crippen LogP contribution in [0.1, 0.15) is 22.3 Å². The zero-order valence-electron chi connectivity index (χ0n) is 23.3. The van der Waals surface area contributed by atoms with E-state index in [0.717, 1.165) is 11.1 Å². The van der Waals surface area contributed by atoms with Gasteiger partial charge in [-0.15, -0.1) is 11.1 Å². The number of halogens is 2. The molecule has 0 nitrogen and oxygen atoms in total. The molecule has 0 radical (unpaired) electrons. The Morgan fingerprint density at radius 2 is 0.725 bits per heavy atom. The van der Waals surface area contributed by atoms with Gasteiger partial charge in [-0.25, -0.2) is 0 Å². The molecule has 4 aromatic carbocycles. The van der Waals surface area contributed by atoms with E-state index in [2.05, 4.69) is 203 Å². The third-order valence-corrected chi connectivity index (χ3v) is 19.9. The molecule has 0 heterocycles. The van der Waals surface area contributed by atoms with E-state index in [1.165, 1.54) is 28.7 Å². The molecule has 0 atom stereocenters. The molecule has 0 bridgehead atoms. The summed E-state index contributed by atoms with van der Waals surface area (Å²) in [6.07, 6.45) is 0. The summed E-state index contributed by atoms with van der Waals surface area (Å²) in [4.78, 5) is 0. The molecule has 0 aromatic heterocycles. The first-order valence-corrected chi connectivity index (χ1v) is 21.4. The molecular weight excluding hydrogens is 742 g/mol. The highest BCUT2D eigenvalue weighted by Gasteiger charge is 2.33. The van der Waals surface area contributed by atoms with E-state index in [9.17, 15) is 0 Å². The maximum absolute atomic E-state index is 3.74. The highest BCUT2D eigenvalue weighted by molar-refractivity contribution is 14.1. The van der Waals surface area contributed by atoms with Gasteiger partial charge in [0.25, 0.3) is 0 Å². The van der Waals surface area contributed by atoms with Crippen molar-refractivity contribution in [1.82, 2.24) is 0 Å². The zero-order chi connectivity index (χ0) is 28.6. The number of allylic oxidation sites excluding steroid dienone is 2. The Morgan fingerprint density at radius 1 is 0.450 bits per heavy atom. The Kier molecular flexibility index (Phi) is 10.5. The SMILES string of the molecule is C[Si](C)(C#Cc1ccccc1)/C(I)=C(/C(=C(\I)[Si](C)(C)C#Cc1ccccc1)c1ccccc1)c1ccccc1. The summed E-state index contributed by atoms with van der Waals surface area (Å²) in [6, 6.07) is 42.3. The lowest BCUT2D eigenvalue weighted by atomic mass is 9.95. The van der Waals surface area contributed by atoms with Gasteiger partial charge in [-0.1, -0.05) is 180 Å². The fourth-order valence-electron chi connectivity index (χ4n) is 4.21. The number of hydrogen-bond acceptors (Lipinski definition) is 0. The highest BCUT2D eigenvalue weighted by atomic mass is 127. The number of benzene rings is 4. The van der Waals surface area contributed by atoms with Crippen molar-refractivity contribution in [2.75, 3.05) is 0 Å². The topological polar surface area (TPSA) is 0 Å². The molecule has 0 saturated heterocycles. The van der Waals surface area contributed by atoms with Crippen molar-refractivity contribution >= 4 is 72.5 Å². The Morgan fingerprint density at radius 3 is 1.02 bits per heavy atom. The van der Waals surface area contributed by atoms with Crippen LogP contribution in [0.15, 0.2) is 128 Å². The van der Waals surface area contributed by atoms with Crippen LogP contribution in [-0.4, -0.2) is 16.1 Å². The van der Waals surface area contributed by atoms with E-state index in [0.29, 0.717) is 0 Å². The van der Waals surface area contributed by atoms with Crippen molar-refractivity contribution < 1.29 is 0 Å². The van der Waals surface area contributed by atoms with Crippen LogP contribution in [-0.2, 0) is 0 Å². The molecule has 0 N–H and O–H groups in total. The van der Waals surface area contributed by atoms with Crippen LogP contribution in [0.4, 0.5) is 0 Å². The summed E-state index contributed by atoms with van der Waals surface area (Å²) in [6.45, 7) is 9.45. The van der Waals surface area contributed by atoms with Gasteiger partial charge in [0.2, 0.25) is 0 Å². The second kappa shape index (κ2) is 13.8. The van der Waals surface area contributed by atoms with Crippen molar-refractivity contribution in [2.45, 2.75) is 26.2 Å². The maximum atomic E-state index is 3.74. The summed E-state index contributed by atoms with van der Waals surface area (Å²) < 4.78 is 2.71. The number of hydrogen-bond donors (Lipinski definition) is 0. The van der Waals surface area contributed by atoms with Crippen molar-refractivity contribution in [2.24, 2.45) is 0 Å². The van der Waals surface area contributed by atoms with Crippen molar-refractivity contribution in [3.8, 4) is 22.9 Å². The lowest BCUT2D eigenvalue weighted by molar-refractivity contribution is 1.58. The first-order valence-electron chi connectivity index (χ1n) is 13.3. The van der Waals surface area contributed by atoms with E-state index in [1.807, 2.05) is 12.1 Å². The van der Waals surface area contributed by atoms with Crippen LogP contribution in [0.2, 0.25) is 26.2 Å². The van der Waals surface area contributed by atoms with Crippen LogP contribution in [0.3, 0.4) is 0 Å². The summed E-state index contributed by atoms with van der Waals surface area (Å²) in [5.41, 5.74) is 14.6. The third kappa shape index (κ3) is 7.76. The van der Waals surface area contributed by atoms with E-state index in [4.69, 9.17) is 0 Å². The smallest absolute Gasteiger partial charge is 0.120 e. The molecule has 0 spiro atoms. The molecule has 4 rings (SSSR count). The first-order chi connectivity index (χ1) is 19.2. The number of rotatable bonds is 5. The fraction of sp³-hybridized carbons (Fsp3) is 0.111. The molecule has 0 unspecified atom stereocenters. The summed E-state index contributed by atoms with van der Waals surface area (Å²) in [5, 5.41) is 0. The Bertz CT molecular complexity index is 1500. The largest absolute Gasteiger partial charge is 0.170 e. The van der Waals surface area contributed by atoms with Gasteiger partial charge < -0.3 is 0 Å². The second-order valence-corrected chi connectivity index (χ2v) is 22.8. The fourth-order valence-corrected chi connectivity index (χ4v) is 9.10. The average Bonchev–Trinajstić information content (AvgIpc) is 2.99. The van der Waals surface area contributed by atoms with E-state index in [-0.39, 0.29) is 0 Å². The van der Waals surface area contributed by atoms with Gasteiger partial charge >= 0.3 is 0 Å². The zero-order valence-corrected chi connectivity index (χ0v) is 29.6.